The molecule has 1 fully saturated rings. The third kappa shape index (κ3) is 4.36. The van der Waals surface area contributed by atoms with Crippen molar-refractivity contribution in [1.82, 2.24) is 35.4 Å². The van der Waals surface area contributed by atoms with Gasteiger partial charge in [0.25, 0.3) is 0 Å². The molecule has 5 aromatic rings. The van der Waals surface area contributed by atoms with Crippen molar-refractivity contribution in [2.24, 2.45) is 0 Å². The Morgan fingerprint density at radius 1 is 1.00 bits per heavy atom. The molecular formula is C30H26FN7O. The number of pyridine rings is 2. The number of likely N-dealkylation sites (N-methyl/N-ethyl adjacent to an activating group) is 1. The van der Waals surface area contributed by atoms with Crippen LogP contribution in [0.4, 0.5) is 4.39 Å². The van der Waals surface area contributed by atoms with Crippen LogP contribution in [0.3, 0.4) is 0 Å². The summed E-state index contributed by atoms with van der Waals surface area (Å²) < 4.78 is 20.0. The third-order valence-electron chi connectivity index (χ3n) is 7.06. The topological polar surface area (TPSA) is 105 Å². The van der Waals surface area contributed by atoms with Gasteiger partial charge in [0.15, 0.2) is 5.65 Å². The van der Waals surface area contributed by atoms with E-state index < -0.39 is 0 Å². The quantitative estimate of drug-likeness (QED) is 0.260. The maximum absolute atomic E-state index is 14.1. The molecule has 1 aliphatic heterocycles. The molecule has 3 N–H and O–H groups in total. The minimum absolute atomic E-state index is 0.111. The van der Waals surface area contributed by atoms with Crippen molar-refractivity contribution in [3.63, 3.8) is 0 Å². The number of H-pyrrole nitrogens is 2. The van der Waals surface area contributed by atoms with Gasteiger partial charge in [0.1, 0.15) is 24.2 Å². The van der Waals surface area contributed by atoms with Crippen molar-refractivity contribution < 1.29 is 9.13 Å². The standard InChI is InChI=1S/C30H26FN7O/c1-38(2)8-9-39-21-11-18(14-32-16-21)19-12-24-27(36-37-30(24)33-15-19)26-13-23-22(17-4-3-5-20(31)10-17)6-7-25-29(34-25)28(23)35-26/h3-7,10-16,29,34-35H,8-9H2,1-2H3,(H,33,36,37). The number of halogens is 1. The first-order valence-corrected chi connectivity index (χ1v) is 12.8. The molecule has 1 unspecified atom stereocenters. The summed E-state index contributed by atoms with van der Waals surface area (Å²) in [6.45, 7) is 1.40. The summed E-state index contributed by atoms with van der Waals surface area (Å²) in [5.74, 6) is 0.457. The Kier molecular flexibility index (Phi) is 5.52. The molecule has 9 heteroatoms. The number of rotatable bonds is 7. The molecule has 194 valence electrons. The van der Waals surface area contributed by atoms with Gasteiger partial charge in [0, 0.05) is 46.7 Å². The zero-order valence-electron chi connectivity index (χ0n) is 21.5. The highest BCUT2D eigenvalue weighted by Gasteiger charge is 2.36. The van der Waals surface area contributed by atoms with Crippen molar-refractivity contribution in [3.05, 3.63) is 102 Å². The van der Waals surface area contributed by atoms with Gasteiger partial charge >= 0.3 is 0 Å². The fourth-order valence-electron chi connectivity index (χ4n) is 4.99. The number of benzene rings is 1. The molecule has 0 spiro atoms. The van der Waals surface area contributed by atoms with Crippen molar-refractivity contribution in [3.8, 4) is 28.3 Å². The summed E-state index contributed by atoms with van der Waals surface area (Å²) in [6.07, 6.45) is 9.44. The molecule has 1 atom stereocenters. The second-order valence-electron chi connectivity index (χ2n) is 10.1. The highest BCUT2D eigenvalue weighted by molar-refractivity contribution is 5.94. The summed E-state index contributed by atoms with van der Waals surface area (Å²) in [4.78, 5) is 14.7. The number of aromatic amines is 2. The van der Waals surface area contributed by atoms with E-state index in [1.54, 1.807) is 30.7 Å². The van der Waals surface area contributed by atoms with E-state index in [4.69, 9.17) is 4.74 Å². The lowest BCUT2D eigenvalue weighted by Crippen LogP contribution is -2.19. The lowest BCUT2D eigenvalue weighted by molar-refractivity contribution is 0.261. The third-order valence-corrected chi connectivity index (χ3v) is 7.06. The minimum atomic E-state index is -0.259. The lowest BCUT2D eigenvalue weighted by atomic mass is 9.97. The molecule has 0 saturated carbocycles. The number of nitrogens with zero attached hydrogens (tertiary/aromatic N) is 4. The van der Waals surface area contributed by atoms with Crippen molar-refractivity contribution in [2.75, 3.05) is 27.2 Å². The molecule has 8 nitrogen and oxygen atoms in total. The molecule has 1 aromatic carbocycles. The molecule has 0 radical (unpaired) electrons. The summed E-state index contributed by atoms with van der Waals surface area (Å²) in [7, 11) is 4.03. The first-order valence-electron chi connectivity index (χ1n) is 12.8. The molecular weight excluding hydrogens is 493 g/mol. The van der Waals surface area contributed by atoms with Crippen LogP contribution in [-0.2, 0) is 0 Å². The Balaban J connectivity index is 1.26. The fourth-order valence-corrected chi connectivity index (χ4v) is 4.99. The van der Waals surface area contributed by atoms with Crippen molar-refractivity contribution in [2.45, 2.75) is 6.04 Å². The van der Waals surface area contributed by atoms with Gasteiger partial charge in [-0.25, -0.2) is 9.37 Å². The van der Waals surface area contributed by atoms with Crippen molar-refractivity contribution >= 4 is 16.6 Å². The average Bonchev–Trinajstić information content (AvgIpc) is 3.42. The van der Waals surface area contributed by atoms with Gasteiger partial charge in [-0.3, -0.25) is 10.1 Å². The van der Waals surface area contributed by atoms with Crippen LogP contribution >= 0.6 is 0 Å². The zero-order chi connectivity index (χ0) is 26.5. The highest BCUT2D eigenvalue weighted by Crippen LogP contribution is 2.44. The number of hydrogen-bond acceptors (Lipinski definition) is 6. The molecule has 7 rings (SSSR count). The lowest BCUT2D eigenvalue weighted by Gasteiger charge is -2.11. The Labute approximate surface area is 224 Å². The number of hydrogen-bond donors (Lipinski definition) is 3. The van der Waals surface area contributed by atoms with Crippen LogP contribution in [0.2, 0.25) is 0 Å². The van der Waals surface area contributed by atoms with Crippen LogP contribution in [0, 0.1) is 5.82 Å². The van der Waals surface area contributed by atoms with Gasteiger partial charge in [0.05, 0.1) is 23.3 Å². The van der Waals surface area contributed by atoms with E-state index in [9.17, 15) is 4.39 Å². The summed E-state index contributed by atoms with van der Waals surface area (Å²) in [5.41, 5.74) is 9.17. The maximum Gasteiger partial charge on any atom is 0.181 e. The molecule has 39 heavy (non-hydrogen) atoms. The van der Waals surface area contributed by atoms with E-state index in [0.29, 0.717) is 18.0 Å². The Hall–Kier alpha value is -4.76. The van der Waals surface area contributed by atoms with E-state index in [0.717, 1.165) is 62.5 Å². The van der Waals surface area contributed by atoms with Gasteiger partial charge in [-0.1, -0.05) is 18.2 Å². The molecule has 1 saturated heterocycles. The Morgan fingerprint density at radius 2 is 1.90 bits per heavy atom. The number of fused-ring (bicyclic) bond motifs is 4. The largest absolute Gasteiger partial charge is 0.491 e. The van der Waals surface area contributed by atoms with Gasteiger partial charge in [-0.15, -0.1) is 0 Å². The van der Waals surface area contributed by atoms with Crippen LogP contribution in [0.25, 0.3) is 39.1 Å². The Morgan fingerprint density at radius 3 is 2.77 bits per heavy atom. The number of ether oxygens (including phenoxy) is 1. The second kappa shape index (κ2) is 9.21. The van der Waals surface area contributed by atoms with E-state index in [-0.39, 0.29) is 11.9 Å². The molecule has 2 aliphatic rings. The molecule has 4 aromatic heterocycles. The average molecular weight is 520 g/mol. The first-order chi connectivity index (χ1) is 19.0. The van der Waals surface area contributed by atoms with E-state index in [1.165, 1.54) is 6.07 Å². The second-order valence-corrected chi connectivity index (χ2v) is 10.1. The van der Waals surface area contributed by atoms with E-state index >= 15 is 0 Å². The summed E-state index contributed by atoms with van der Waals surface area (Å²) >= 11 is 0. The number of nitrogens with one attached hydrogen (secondary N) is 3. The van der Waals surface area contributed by atoms with Gasteiger partial charge in [-0.05, 0) is 61.6 Å². The fraction of sp³-hybridized carbons (Fsp3) is 0.167. The van der Waals surface area contributed by atoms with Gasteiger partial charge in [0.2, 0.25) is 0 Å². The SMILES string of the molecule is CN(C)CCOc1cncc(-c2cnc3n[nH]c(-c4cc5c([nH]4)C4NC4=CC=C5c4cccc(F)c4)c3c2)c1. The summed E-state index contributed by atoms with van der Waals surface area (Å²) in [6, 6.07) is 13.0. The van der Waals surface area contributed by atoms with Crippen LogP contribution in [-0.4, -0.2) is 57.3 Å². The van der Waals surface area contributed by atoms with Crippen LogP contribution in [0.15, 0.2) is 78.9 Å². The van der Waals surface area contributed by atoms with Crippen LogP contribution < -0.4 is 10.1 Å². The normalized spacial score (nSPS) is 15.7. The highest BCUT2D eigenvalue weighted by atomic mass is 19.1. The molecule has 0 amide bonds. The van der Waals surface area contributed by atoms with Crippen LogP contribution in [0.5, 0.6) is 5.75 Å². The monoisotopic (exact) mass is 519 g/mol. The number of allylic oxidation sites excluding steroid dienone is 2. The molecule has 1 aliphatic carbocycles. The maximum atomic E-state index is 14.1. The minimum Gasteiger partial charge on any atom is -0.491 e. The number of aromatic nitrogens is 5. The van der Waals surface area contributed by atoms with Gasteiger partial charge in [-0.2, -0.15) is 5.10 Å². The smallest absolute Gasteiger partial charge is 0.181 e. The zero-order valence-corrected chi connectivity index (χ0v) is 21.5. The first kappa shape index (κ1) is 23.4. The predicted octanol–water partition coefficient (Wildman–Crippen LogP) is 5.07. The summed E-state index contributed by atoms with van der Waals surface area (Å²) in [5, 5.41) is 11.9. The van der Waals surface area contributed by atoms with Gasteiger partial charge < -0.3 is 19.9 Å². The van der Waals surface area contributed by atoms with E-state index in [1.807, 2.05) is 32.3 Å². The predicted molar refractivity (Wildman–Crippen MR) is 148 cm³/mol. The molecule has 5 heterocycles. The van der Waals surface area contributed by atoms with Crippen molar-refractivity contribution in [1.29, 1.82) is 0 Å². The molecule has 0 bridgehead atoms. The Bertz CT molecular complexity index is 1780. The van der Waals surface area contributed by atoms with E-state index in [2.05, 4.69) is 53.6 Å². The van der Waals surface area contributed by atoms with Crippen LogP contribution in [0.1, 0.15) is 22.9 Å².